The summed E-state index contributed by atoms with van der Waals surface area (Å²) < 4.78 is 1.49. The summed E-state index contributed by atoms with van der Waals surface area (Å²) >= 11 is 1.03. The lowest BCUT2D eigenvalue weighted by Gasteiger charge is -1.87. The van der Waals surface area contributed by atoms with Gasteiger partial charge in [-0.1, -0.05) is 0 Å². The molecule has 2 N–H and O–H groups in total. The maximum atomic E-state index is 10.2. The van der Waals surface area contributed by atoms with Crippen molar-refractivity contribution >= 4 is 18.2 Å². The van der Waals surface area contributed by atoms with E-state index in [4.69, 9.17) is 5.14 Å². The van der Waals surface area contributed by atoms with Gasteiger partial charge in [-0.25, -0.2) is 0 Å². The van der Waals surface area contributed by atoms with Crippen LogP contribution in [0.4, 0.5) is 0 Å². The molecule has 5 heteroatoms. The average molecular weight is 157 g/mol. The molecule has 10 heavy (non-hydrogen) atoms. The van der Waals surface area contributed by atoms with E-state index in [1.165, 1.54) is 4.68 Å². The Kier molecular flexibility index (Phi) is 2.08. The summed E-state index contributed by atoms with van der Waals surface area (Å²) in [5, 5.41) is 9.79. The van der Waals surface area contributed by atoms with Gasteiger partial charge in [0, 0.05) is 13.1 Å². The van der Waals surface area contributed by atoms with E-state index in [0.29, 0.717) is 10.7 Å². The third-order valence-electron chi connectivity index (χ3n) is 1.14. The van der Waals surface area contributed by atoms with Gasteiger partial charge in [0.25, 0.3) is 0 Å². The van der Waals surface area contributed by atoms with Gasteiger partial charge in [0.15, 0.2) is 6.29 Å². The number of nitrogens with two attached hydrogens (primary N) is 1. The van der Waals surface area contributed by atoms with Crippen LogP contribution in [0.3, 0.4) is 0 Å². The van der Waals surface area contributed by atoms with Gasteiger partial charge < -0.3 is 0 Å². The van der Waals surface area contributed by atoms with Gasteiger partial charge in [-0.05, 0) is 11.9 Å². The van der Waals surface area contributed by atoms with E-state index in [9.17, 15) is 4.79 Å². The third kappa shape index (κ3) is 1.19. The molecule has 0 radical (unpaired) electrons. The summed E-state index contributed by atoms with van der Waals surface area (Å²) in [5.74, 6) is 0. The van der Waals surface area contributed by atoms with Crippen LogP contribution in [-0.4, -0.2) is 16.1 Å². The first-order chi connectivity index (χ1) is 4.77. The molecule has 0 amide bonds. The molecule has 0 aliphatic heterocycles. The quantitative estimate of drug-likeness (QED) is 0.492. The van der Waals surface area contributed by atoms with Crippen molar-refractivity contribution in [1.29, 1.82) is 0 Å². The SMILES string of the molecule is Cn1nc(SN)cc1C=O. The first-order valence-electron chi connectivity index (χ1n) is 2.64. The maximum Gasteiger partial charge on any atom is 0.168 e. The molecule has 54 valence electrons. The molecule has 1 rings (SSSR count). The Hall–Kier alpha value is -0.810. The molecule has 0 aromatic carbocycles. The minimum atomic E-state index is 0.535. The molecule has 0 fully saturated rings. The van der Waals surface area contributed by atoms with Crippen LogP contribution in [0.25, 0.3) is 0 Å². The van der Waals surface area contributed by atoms with Crippen molar-refractivity contribution in [2.45, 2.75) is 5.03 Å². The van der Waals surface area contributed by atoms with E-state index in [1.807, 2.05) is 0 Å². The van der Waals surface area contributed by atoms with Crippen LogP contribution >= 0.6 is 11.9 Å². The number of hydrogen-bond acceptors (Lipinski definition) is 4. The van der Waals surface area contributed by atoms with Crippen molar-refractivity contribution in [2.24, 2.45) is 12.2 Å². The second-order valence-electron chi connectivity index (χ2n) is 1.77. The molecular weight excluding hydrogens is 150 g/mol. The second kappa shape index (κ2) is 2.85. The fraction of sp³-hybridized carbons (Fsp3) is 0.200. The normalized spacial score (nSPS) is 9.80. The van der Waals surface area contributed by atoms with Crippen molar-refractivity contribution < 1.29 is 4.79 Å². The molecule has 0 bridgehead atoms. The van der Waals surface area contributed by atoms with E-state index < -0.39 is 0 Å². The number of carbonyl (C=O) groups excluding carboxylic acids is 1. The zero-order valence-electron chi connectivity index (χ0n) is 5.44. The van der Waals surface area contributed by atoms with Crippen molar-refractivity contribution in [2.75, 3.05) is 0 Å². The van der Waals surface area contributed by atoms with Gasteiger partial charge in [-0.15, -0.1) is 0 Å². The number of hydrogen-bond donors (Lipinski definition) is 1. The Balaban J connectivity index is 3.03. The number of aromatic nitrogens is 2. The lowest BCUT2D eigenvalue weighted by molar-refractivity contribution is 0.111. The summed E-state index contributed by atoms with van der Waals surface area (Å²) in [6.07, 6.45) is 0.743. The Labute approximate surface area is 62.5 Å². The van der Waals surface area contributed by atoms with Gasteiger partial charge >= 0.3 is 0 Å². The highest BCUT2D eigenvalue weighted by molar-refractivity contribution is 7.97. The lowest BCUT2D eigenvalue weighted by atomic mass is 10.5. The van der Waals surface area contributed by atoms with Gasteiger partial charge in [0.1, 0.15) is 10.7 Å². The van der Waals surface area contributed by atoms with E-state index >= 15 is 0 Å². The van der Waals surface area contributed by atoms with Gasteiger partial charge in [-0.3, -0.25) is 14.6 Å². The summed E-state index contributed by atoms with van der Waals surface area (Å²) in [6, 6.07) is 1.64. The predicted octanol–water partition coefficient (Wildman–Crippen LogP) is 0.198. The van der Waals surface area contributed by atoms with E-state index in [-0.39, 0.29) is 0 Å². The van der Waals surface area contributed by atoms with E-state index in [2.05, 4.69) is 5.10 Å². The van der Waals surface area contributed by atoms with Crippen LogP contribution in [0.5, 0.6) is 0 Å². The number of rotatable bonds is 2. The lowest BCUT2D eigenvalue weighted by Crippen LogP contribution is -1.95. The Bertz CT molecular complexity index is 245. The fourth-order valence-corrected chi connectivity index (χ4v) is 0.981. The molecule has 0 saturated carbocycles. The average Bonchev–Trinajstić information content (AvgIpc) is 2.30. The number of carbonyl (C=O) groups is 1. The van der Waals surface area contributed by atoms with Gasteiger partial charge in [0.2, 0.25) is 0 Å². The number of nitrogens with zero attached hydrogens (tertiary/aromatic N) is 2. The number of aldehydes is 1. The van der Waals surface area contributed by atoms with Crippen molar-refractivity contribution in [3.05, 3.63) is 11.8 Å². The predicted molar refractivity (Wildman–Crippen MR) is 38.6 cm³/mol. The first-order valence-corrected chi connectivity index (χ1v) is 3.52. The van der Waals surface area contributed by atoms with E-state index in [0.717, 1.165) is 18.2 Å². The summed E-state index contributed by atoms with van der Waals surface area (Å²) in [4.78, 5) is 10.2. The minimum absolute atomic E-state index is 0.535. The second-order valence-corrected chi connectivity index (χ2v) is 2.42. The molecule has 4 nitrogen and oxygen atoms in total. The van der Waals surface area contributed by atoms with Crippen LogP contribution in [-0.2, 0) is 7.05 Å². The highest BCUT2D eigenvalue weighted by atomic mass is 32.2. The number of aryl methyl sites for hydroxylation is 1. The van der Waals surface area contributed by atoms with Gasteiger partial charge in [-0.2, -0.15) is 5.10 Å². The summed E-state index contributed by atoms with van der Waals surface area (Å²) in [5.41, 5.74) is 0.535. The molecule has 1 aromatic rings. The van der Waals surface area contributed by atoms with Crippen molar-refractivity contribution in [1.82, 2.24) is 9.78 Å². The van der Waals surface area contributed by atoms with Crippen LogP contribution in [0, 0.1) is 0 Å². The topological polar surface area (TPSA) is 60.9 Å². The Morgan fingerprint density at radius 2 is 2.60 bits per heavy atom. The zero-order chi connectivity index (χ0) is 7.56. The van der Waals surface area contributed by atoms with Crippen molar-refractivity contribution in [3.8, 4) is 0 Å². The molecule has 0 aliphatic carbocycles. The summed E-state index contributed by atoms with van der Waals surface area (Å²) in [7, 11) is 1.70. The van der Waals surface area contributed by atoms with Crippen LogP contribution < -0.4 is 5.14 Å². The molecule has 0 unspecified atom stereocenters. The molecule has 0 atom stereocenters. The van der Waals surface area contributed by atoms with Crippen LogP contribution in [0.2, 0.25) is 0 Å². The Morgan fingerprint density at radius 3 is 2.90 bits per heavy atom. The highest BCUT2D eigenvalue weighted by Crippen LogP contribution is 2.09. The van der Waals surface area contributed by atoms with Gasteiger partial charge in [0.05, 0.1) is 0 Å². The van der Waals surface area contributed by atoms with Crippen LogP contribution in [0.15, 0.2) is 11.1 Å². The van der Waals surface area contributed by atoms with E-state index in [1.54, 1.807) is 13.1 Å². The molecule has 0 spiro atoms. The largest absolute Gasteiger partial charge is 0.296 e. The smallest absolute Gasteiger partial charge is 0.168 e. The maximum absolute atomic E-state index is 10.2. The molecule has 1 aromatic heterocycles. The molecule has 1 heterocycles. The minimum Gasteiger partial charge on any atom is -0.296 e. The Morgan fingerprint density at radius 1 is 1.90 bits per heavy atom. The highest BCUT2D eigenvalue weighted by Gasteiger charge is 2.01. The summed E-state index contributed by atoms with van der Waals surface area (Å²) in [6.45, 7) is 0. The molecule has 0 saturated heterocycles. The first kappa shape index (κ1) is 7.30. The monoisotopic (exact) mass is 157 g/mol. The third-order valence-corrected chi connectivity index (χ3v) is 1.58. The zero-order valence-corrected chi connectivity index (χ0v) is 6.26. The van der Waals surface area contributed by atoms with Crippen LogP contribution in [0.1, 0.15) is 10.5 Å². The fourth-order valence-electron chi connectivity index (χ4n) is 0.622. The standard InChI is InChI=1S/C5H7N3OS/c1-8-4(3-9)2-5(7-8)10-6/h2-3H,6H2,1H3. The van der Waals surface area contributed by atoms with Crippen molar-refractivity contribution in [3.63, 3.8) is 0 Å². The molecular formula is C5H7N3OS. The molecule has 0 aliphatic rings.